The van der Waals surface area contributed by atoms with Crippen molar-refractivity contribution < 1.29 is 24.2 Å². The van der Waals surface area contributed by atoms with Crippen LogP contribution in [0.5, 0.6) is 11.5 Å². The third kappa shape index (κ3) is 6.42. The lowest BCUT2D eigenvalue weighted by molar-refractivity contribution is -0.139. The summed E-state index contributed by atoms with van der Waals surface area (Å²) in [5.41, 5.74) is 1.29. The maximum Gasteiger partial charge on any atom is 0.295 e. The van der Waals surface area contributed by atoms with Gasteiger partial charge in [-0.15, -0.1) is 0 Å². The Kier molecular flexibility index (Phi) is 8.57. The Bertz CT molecular complexity index is 1060. The number of nitrogens with zero attached hydrogens (tertiary/aromatic N) is 2. The normalized spacial score (nSPS) is 17.6. The summed E-state index contributed by atoms with van der Waals surface area (Å²) in [4.78, 5) is 29.8. The van der Waals surface area contributed by atoms with Crippen LogP contribution in [0.1, 0.15) is 51.3 Å². The maximum absolute atomic E-state index is 13.2. The van der Waals surface area contributed by atoms with E-state index in [0.29, 0.717) is 30.0 Å². The van der Waals surface area contributed by atoms with Crippen LogP contribution in [0.2, 0.25) is 0 Å². The molecule has 35 heavy (non-hydrogen) atoms. The standard InChI is InChI=1S/C28H36N2O5/c1-18(2)34-22-12-8-20(9-13-22)25-24(27(32)28(33)30(25)17-7-16-29(5)6)26(31)21-10-14-23(15-11-21)35-19(3)4/h8-15,18-19,25,31H,7,16-17H2,1-6H3/b26-24+/t25-/m1/s1. The number of rotatable bonds is 10. The molecule has 0 unspecified atom stereocenters. The smallest absolute Gasteiger partial charge is 0.295 e. The van der Waals surface area contributed by atoms with Gasteiger partial charge in [-0.05, 0) is 96.7 Å². The van der Waals surface area contributed by atoms with E-state index >= 15 is 0 Å². The van der Waals surface area contributed by atoms with Gasteiger partial charge in [0.15, 0.2) is 0 Å². The van der Waals surface area contributed by atoms with Gasteiger partial charge in [-0.3, -0.25) is 9.59 Å². The number of carbonyl (C=O) groups excluding carboxylic acids is 2. The van der Waals surface area contributed by atoms with Gasteiger partial charge >= 0.3 is 0 Å². The highest BCUT2D eigenvalue weighted by Crippen LogP contribution is 2.40. The molecule has 0 radical (unpaired) electrons. The molecule has 1 aliphatic rings. The molecule has 1 heterocycles. The first kappa shape index (κ1) is 26.3. The average Bonchev–Trinajstić information content (AvgIpc) is 3.04. The summed E-state index contributed by atoms with van der Waals surface area (Å²) in [5, 5.41) is 11.2. The fraction of sp³-hybridized carbons (Fsp3) is 0.429. The molecule has 1 aliphatic heterocycles. The first-order chi connectivity index (χ1) is 16.6. The molecular formula is C28H36N2O5. The number of aliphatic hydroxyl groups excluding tert-OH is 1. The summed E-state index contributed by atoms with van der Waals surface area (Å²) in [6, 6.07) is 13.6. The van der Waals surface area contributed by atoms with Gasteiger partial charge in [-0.25, -0.2) is 0 Å². The third-order valence-corrected chi connectivity index (χ3v) is 5.61. The minimum absolute atomic E-state index is 0.0181. The summed E-state index contributed by atoms with van der Waals surface area (Å²) in [6.45, 7) is 8.94. The molecular weight excluding hydrogens is 444 g/mol. The molecule has 188 valence electrons. The number of carbonyl (C=O) groups is 2. The number of aliphatic hydroxyl groups is 1. The molecule has 2 aromatic rings. The van der Waals surface area contributed by atoms with E-state index in [0.717, 1.165) is 12.1 Å². The fourth-order valence-electron chi connectivity index (χ4n) is 4.13. The number of likely N-dealkylation sites (tertiary alicyclic amines) is 1. The van der Waals surface area contributed by atoms with Crippen LogP contribution >= 0.6 is 0 Å². The van der Waals surface area contributed by atoms with Crippen molar-refractivity contribution in [2.24, 2.45) is 0 Å². The summed E-state index contributed by atoms with van der Waals surface area (Å²) >= 11 is 0. The summed E-state index contributed by atoms with van der Waals surface area (Å²) in [7, 11) is 3.93. The second kappa shape index (κ2) is 11.4. The molecule has 3 rings (SSSR count). The molecule has 1 amide bonds. The van der Waals surface area contributed by atoms with E-state index in [1.54, 1.807) is 29.2 Å². The Labute approximate surface area is 207 Å². The van der Waals surface area contributed by atoms with E-state index in [2.05, 4.69) is 0 Å². The number of Topliss-reactive ketones (excluding diaryl/α,β-unsaturated/α-hetero) is 1. The van der Waals surface area contributed by atoms with Crippen molar-refractivity contribution >= 4 is 17.4 Å². The first-order valence-corrected chi connectivity index (χ1v) is 12.0. The molecule has 1 N–H and O–H groups in total. The van der Waals surface area contributed by atoms with Gasteiger partial charge in [0.05, 0.1) is 23.8 Å². The Morgan fingerprint density at radius 2 is 1.43 bits per heavy atom. The highest BCUT2D eigenvalue weighted by Gasteiger charge is 2.45. The van der Waals surface area contributed by atoms with Gasteiger partial charge in [-0.2, -0.15) is 0 Å². The molecule has 1 saturated heterocycles. The van der Waals surface area contributed by atoms with Gasteiger partial charge in [0.1, 0.15) is 17.3 Å². The zero-order valence-corrected chi connectivity index (χ0v) is 21.4. The largest absolute Gasteiger partial charge is 0.507 e. The predicted molar refractivity (Wildman–Crippen MR) is 137 cm³/mol. The summed E-state index contributed by atoms with van der Waals surface area (Å²) in [6.07, 6.45) is 0.747. The molecule has 1 fully saturated rings. The maximum atomic E-state index is 13.2. The number of benzene rings is 2. The average molecular weight is 481 g/mol. The van der Waals surface area contributed by atoms with Gasteiger partial charge < -0.3 is 24.4 Å². The topological polar surface area (TPSA) is 79.3 Å². The van der Waals surface area contributed by atoms with E-state index in [1.165, 1.54) is 0 Å². The highest BCUT2D eigenvalue weighted by molar-refractivity contribution is 6.46. The molecule has 7 heteroatoms. The number of hydrogen-bond acceptors (Lipinski definition) is 6. The molecule has 0 spiro atoms. The van der Waals surface area contributed by atoms with Crippen LogP contribution in [-0.2, 0) is 9.59 Å². The zero-order chi connectivity index (χ0) is 25.7. The van der Waals surface area contributed by atoms with Crippen molar-refractivity contribution in [1.29, 1.82) is 0 Å². The third-order valence-electron chi connectivity index (χ3n) is 5.61. The molecule has 2 aromatic carbocycles. The Hall–Kier alpha value is -3.32. The van der Waals surface area contributed by atoms with Crippen LogP contribution in [0.4, 0.5) is 0 Å². The SMILES string of the molecule is CC(C)Oc1ccc(/C(O)=C2\C(=O)C(=O)N(CCCN(C)C)[C@@H]2c2ccc(OC(C)C)cc2)cc1. The fourth-order valence-corrected chi connectivity index (χ4v) is 4.13. The van der Waals surface area contributed by atoms with Crippen molar-refractivity contribution in [2.45, 2.75) is 52.4 Å². The van der Waals surface area contributed by atoms with Crippen LogP contribution in [0, 0.1) is 0 Å². The van der Waals surface area contributed by atoms with Crippen molar-refractivity contribution in [1.82, 2.24) is 9.80 Å². The lowest BCUT2D eigenvalue weighted by atomic mass is 9.95. The van der Waals surface area contributed by atoms with Gasteiger partial charge in [-0.1, -0.05) is 12.1 Å². The van der Waals surface area contributed by atoms with Crippen LogP contribution in [0.25, 0.3) is 5.76 Å². The van der Waals surface area contributed by atoms with Crippen LogP contribution in [-0.4, -0.2) is 66.0 Å². The Morgan fingerprint density at radius 3 is 1.91 bits per heavy atom. The van der Waals surface area contributed by atoms with E-state index in [4.69, 9.17) is 9.47 Å². The lowest BCUT2D eigenvalue weighted by Crippen LogP contribution is -2.32. The minimum Gasteiger partial charge on any atom is -0.507 e. The van der Waals surface area contributed by atoms with Crippen LogP contribution in [0.3, 0.4) is 0 Å². The molecule has 0 saturated carbocycles. The second-order valence-electron chi connectivity index (χ2n) is 9.58. The van der Waals surface area contributed by atoms with E-state index < -0.39 is 17.7 Å². The monoisotopic (exact) mass is 480 g/mol. The quantitative estimate of drug-likeness (QED) is 0.303. The van der Waals surface area contributed by atoms with Crippen molar-refractivity contribution in [3.8, 4) is 11.5 Å². The number of ether oxygens (including phenoxy) is 2. The number of amides is 1. The molecule has 7 nitrogen and oxygen atoms in total. The van der Waals surface area contributed by atoms with Gasteiger partial charge in [0.25, 0.3) is 11.7 Å². The summed E-state index contributed by atoms with van der Waals surface area (Å²) in [5.74, 6) is -0.103. The Balaban J connectivity index is 2.02. The molecule has 1 atom stereocenters. The van der Waals surface area contributed by atoms with Gasteiger partial charge in [0, 0.05) is 12.1 Å². The second-order valence-corrected chi connectivity index (χ2v) is 9.58. The van der Waals surface area contributed by atoms with Crippen LogP contribution < -0.4 is 9.47 Å². The predicted octanol–water partition coefficient (Wildman–Crippen LogP) is 4.63. The summed E-state index contributed by atoms with van der Waals surface area (Å²) < 4.78 is 11.4. The van der Waals surface area contributed by atoms with Crippen LogP contribution in [0.15, 0.2) is 54.1 Å². The van der Waals surface area contributed by atoms with Gasteiger partial charge in [0.2, 0.25) is 0 Å². The zero-order valence-electron chi connectivity index (χ0n) is 21.4. The molecule has 0 aliphatic carbocycles. The van der Waals surface area contributed by atoms with Crippen molar-refractivity contribution in [3.05, 3.63) is 65.2 Å². The lowest BCUT2D eigenvalue weighted by Gasteiger charge is -2.26. The van der Waals surface area contributed by atoms with Crippen molar-refractivity contribution in [3.63, 3.8) is 0 Å². The molecule has 0 aromatic heterocycles. The van der Waals surface area contributed by atoms with E-state index in [-0.39, 0.29) is 23.5 Å². The Morgan fingerprint density at radius 1 is 0.914 bits per heavy atom. The molecule has 0 bridgehead atoms. The van der Waals surface area contributed by atoms with Crippen molar-refractivity contribution in [2.75, 3.05) is 27.2 Å². The minimum atomic E-state index is -0.683. The number of ketones is 1. The first-order valence-electron chi connectivity index (χ1n) is 12.0. The number of hydrogen-bond donors (Lipinski definition) is 1. The highest BCUT2D eigenvalue weighted by atomic mass is 16.5. The van der Waals surface area contributed by atoms with E-state index in [1.807, 2.05) is 71.0 Å². The van der Waals surface area contributed by atoms with E-state index in [9.17, 15) is 14.7 Å².